The van der Waals surface area contributed by atoms with Crippen LogP contribution in [0.3, 0.4) is 0 Å². The number of carbonyl (C=O) groups excluding carboxylic acids is 1. The minimum Gasteiger partial charge on any atom is -0.496 e. The van der Waals surface area contributed by atoms with Crippen LogP contribution in [0.5, 0.6) is 5.75 Å². The van der Waals surface area contributed by atoms with Gasteiger partial charge in [0.2, 0.25) is 10.0 Å². The van der Waals surface area contributed by atoms with Gasteiger partial charge in [-0.1, -0.05) is 13.8 Å². The van der Waals surface area contributed by atoms with Crippen molar-refractivity contribution in [1.29, 1.82) is 0 Å². The molecule has 0 aliphatic carbocycles. The Kier molecular flexibility index (Phi) is 7.53. The zero-order valence-corrected chi connectivity index (χ0v) is 19.6. The normalized spacial score (nSPS) is 12.5. The number of rotatable bonds is 8. The largest absolute Gasteiger partial charge is 0.496 e. The molecule has 1 amide bonds. The molecule has 0 saturated heterocycles. The highest BCUT2D eigenvalue weighted by atomic mass is 32.2. The lowest BCUT2D eigenvalue weighted by Gasteiger charge is -2.22. The molecule has 30 heavy (non-hydrogen) atoms. The lowest BCUT2D eigenvalue weighted by Crippen LogP contribution is -2.30. The van der Waals surface area contributed by atoms with E-state index in [1.165, 1.54) is 10.6 Å². The first-order valence-corrected chi connectivity index (χ1v) is 11.9. The third kappa shape index (κ3) is 5.33. The van der Waals surface area contributed by atoms with Crippen molar-refractivity contribution < 1.29 is 17.9 Å². The minimum absolute atomic E-state index is 0.191. The summed E-state index contributed by atoms with van der Waals surface area (Å²) in [5, 5.41) is 3.04. The Morgan fingerprint density at radius 2 is 1.70 bits per heavy atom. The summed E-state index contributed by atoms with van der Waals surface area (Å²) in [5.74, 6) is 0.940. The van der Waals surface area contributed by atoms with Crippen LogP contribution in [0, 0.1) is 6.92 Å². The van der Waals surface area contributed by atoms with Gasteiger partial charge in [-0.3, -0.25) is 9.10 Å². The van der Waals surface area contributed by atoms with E-state index < -0.39 is 10.0 Å². The zero-order chi connectivity index (χ0) is 22.6. The summed E-state index contributed by atoms with van der Waals surface area (Å²) >= 11 is 0. The molecule has 0 aliphatic rings. The maximum atomic E-state index is 12.8. The fourth-order valence-electron chi connectivity index (χ4n) is 3.56. The second-order valence-electron chi connectivity index (χ2n) is 7.78. The molecule has 2 aromatic carbocycles. The number of sulfonamides is 1. The Morgan fingerprint density at radius 3 is 2.17 bits per heavy atom. The van der Waals surface area contributed by atoms with Gasteiger partial charge in [0.15, 0.2) is 0 Å². The summed E-state index contributed by atoms with van der Waals surface area (Å²) in [6.07, 6.45) is 1.17. The maximum absolute atomic E-state index is 12.8. The number of anilines is 1. The predicted octanol–water partition coefficient (Wildman–Crippen LogP) is 4.40. The van der Waals surface area contributed by atoms with E-state index in [1.807, 2.05) is 19.9 Å². The molecule has 0 aromatic heterocycles. The first-order valence-electron chi connectivity index (χ1n) is 10.1. The topological polar surface area (TPSA) is 75.7 Å². The van der Waals surface area contributed by atoms with Crippen LogP contribution in [0.25, 0.3) is 0 Å². The molecule has 0 saturated carbocycles. The third-order valence-corrected chi connectivity index (χ3v) is 6.43. The van der Waals surface area contributed by atoms with Crippen LogP contribution in [-0.4, -0.2) is 34.2 Å². The molecular formula is C23H32N2O4S. The van der Waals surface area contributed by atoms with Gasteiger partial charge < -0.3 is 10.1 Å². The van der Waals surface area contributed by atoms with Gasteiger partial charge in [-0.15, -0.1) is 0 Å². The smallest absolute Gasteiger partial charge is 0.251 e. The highest BCUT2D eigenvalue weighted by molar-refractivity contribution is 7.92. The van der Waals surface area contributed by atoms with Gasteiger partial charge in [0.25, 0.3) is 5.91 Å². The Labute approximate surface area is 180 Å². The molecule has 0 spiro atoms. The zero-order valence-electron chi connectivity index (χ0n) is 18.8. The Balaban J connectivity index is 2.23. The molecular weight excluding hydrogens is 400 g/mol. The van der Waals surface area contributed by atoms with Crippen LogP contribution in [0.1, 0.15) is 66.7 Å². The number of benzene rings is 2. The fraction of sp³-hybridized carbons (Fsp3) is 0.435. The molecule has 6 nitrogen and oxygen atoms in total. The van der Waals surface area contributed by atoms with E-state index in [2.05, 4.69) is 25.2 Å². The molecule has 0 heterocycles. The van der Waals surface area contributed by atoms with Gasteiger partial charge in [-0.2, -0.15) is 0 Å². The summed E-state index contributed by atoms with van der Waals surface area (Å²) in [7, 11) is -1.69. The van der Waals surface area contributed by atoms with Crippen LogP contribution in [0.4, 0.5) is 5.69 Å². The molecule has 0 radical (unpaired) electrons. The average Bonchev–Trinajstić information content (AvgIpc) is 2.67. The van der Waals surface area contributed by atoms with Crippen LogP contribution >= 0.6 is 0 Å². The SMILES string of the molecule is CCN(c1ccc(C(=O)N[C@H](C)c2cc(C(C)C)c(OC)cc2C)cc1)S(C)(=O)=O. The van der Waals surface area contributed by atoms with Crippen molar-refractivity contribution in [2.75, 3.05) is 24.2 Å². The number of aryl methyl sites for hydroxylation is 1. The molecule has 0 unspecified atom stereocenters. The van der Waals surface area contributed by atoms with Crippen molar-refractivity contribution in [3.05, 3.63) is 58.7 Å². The standard InChI is InChI=1S/C23H32N2O4S/c1-8-25(30(7,27)28)19-11-9-18(10-12-19)23(26)24-17(5)21-14-20(15(2)3)22(29-6)13-16(21)4/h9-15,17H,8H2,1-7H3,(H,24,26)/t17-/m1/s1. The summed E-state index contributed by atoms with van der Waals surface area (Å²) in [5.41, 5.74) is 4.21. The third-order valence-electron chi connectivity index (χ3n) is 5.16. The molecule has 0 fully saturated rings. The highest BCUT2D eigenvalue weighted by Gasteiger charge is 2.19. The second-order valence-corrected chi connectivity index (χ2v) is 9.68. The minimum atomic E-state index is -3.36. The number of nitrogens with zero attached hydrogens (tertiary/aromatic N) is 1. The number of carbonyl (C=O) groups is 1. The number of amides is 1. The van der Waals surface area contributed by atoms with E-state index in [0.29, 0.717) is 23.7 Å². The average molecular weight is 433 g/mol. The van der Waals surface area contributed by atoms with Gasteiger partial charge in [-0.25, -0.2) is 8.42 Å². The highest BCUT2D eigenvalue weighted by Crippen LogP contribution is 2.32. The molecule has 7 heteroatoms. The molecule has 2 rings (SSSR count). The van der Waals surface area contributed by atoms with Crippen molar-refractivity contribution >= 4 is 21.6 Å². The molecule has 2 aromatic rings. The maximum Gasteiger partial charge on any atom is 0.251 e. The molecule has 1 N–H and O–H groups in total. The summed E-state index contributed by atoms with van der Waals surface area (Å²) in [6.45, 7) is 10.3. The lowest BCUT2D eigenvalue weighted by molar-refractivity contribution is 0.0940. The first kappa shape index (κ1) is 23.7. The van der Waals surface area contributed by atoms with E-state index in [-0.39, 0.29) is 11.9 Å². The van der Waals surface area contributed by atoms with Gasteiger partial charge in [0, 0.05) is 12.1 Å². The summed E-state index contributed by atoms with van der Waals surface area (Å²) < 4.78 is 30.5. The Bertz CT molecular complexity index is 999. The van der Waals surface area contributed by atoms with E-state index in [1.54, 1.807) is 38.3 Å². The fourth-order valence-corrected chi connectivity index (χ4v) is 4.53. The number of hydrogen-bond acceptors (Lipinski definition) is 4. The quantitative estimate of drug-likeness (QED) is 0.671. The number of hydrogen-bond donors (Lipinski definition) is 1. The van der Waals surface area contributed by atoms with Gasteiger partial charge in [0.1, 0.15) is 5.75 Å². The summed E-state index contributed by atoms with van der Waals surface area (Å²) in [4.78, 5) is 12.8. The van der Waals surface area contributed by atoms with Crippen molar-refractivity contribution in [3.8, 4) is 5.75 Å². The molecule has 0 aliphatic heterocycles. The second kappa shape index (κ2) is 9.51. The predicted molar refractivity (Wildman–Crippen MR) is 122 cm³/mol. The van der Waals surface area contributed by atoms with E-state index in [0.717, 1.165) is 22.4 Å². The van der Waals surface area contributed by atoms with Crippen molar-refractivity contribution in [2.45, 2.75) is 46.6 Å². The Morgan fingerprint density at radius 1 is 1.10 bits per heavy atom. The lowest BCUT2D eigenvalue weighted by atomic mass is 9.93. The number of ether oxygens (including phenoxy) is 1. The van der Waals surface area contributed by atoms with E-state index in [4.69, 9.17) is 4.74 Å². The van der Waals surface area contributed by atoms with Gasteiger partial charge >= 0.3 is 0 Å². The summed E-state index contributed by atoms with van der Waals surface area (Å²) in [6, 6.07) is 10.5. The van der Waals surface area contributed by atoms with Crippen molar-refractivity contribution in [1.82, 2.24) is 5.32 Å². The number of nitrogens with one attached hydrogen (secondary N) is 1. The van der Waals surface area contributed by atoms with Crippen LogP contribution in [0.2, 0.25) is 0 Å². The van der Waals surface area contributed by atoms with Crippen LogP contribution < -0.4 is 14.4 Å². The van der Waals surface area contributed by atoms with E-state index in [9.17, 15) is 13.2 Å². The van der Waals surface area contributed by atoms with Gasteiger partial charge in [-0.05, 0) is 79.8 Å². The molecule has 0 bridgehead atoms. The van der Waals surface area contributed by atoms with Gasteiger partial charge in [0.05, 0.1) is 25.1 Å². The van der Waals surface area contributed by atoms with Crippen LogP contribution in [0.15, 0.2) is 36.4 Å². The van der Waals surface area contributed by atoms with Crippen molar-refractivity contribution in [3.63, 3.8) is 0 Å². The first-order chi connectivity index (χ1) is 14.0. The Hall–Kier alpha value is -2.54. The molecule has 1 atom stereocenters. The number of methoxy groups -OCH3 is 1. The molecule has 164 valence electrons. The monoisotopic (exact) mass is 432 g/mol. The van der Waals surface area contributed by atoms with E-state index >= 15 is 0 Å². The van der Waals surface area contributed by atoms with Crippen LogP contribution in [-0.2, 0) is 10.0 Å². The van der Waals surface area contributed by atoms with Crippen molar-refractivity contribution in [2.24, 2.45) is 0 Å².